The summed E-state index contributed by atoms with van der Waals surface area (Å²) >= 11 is 0. The van der Waals surface area contributed by atoms with Gasteiger partial charge in [-0.15, -0.1) is 0 Å². The topological polar surface area (TPSA) is 29.9 Å². The number of allylic oxidation sites excluding steroid dienone is 1. The van der Waals surface area contributed by atoms with Crippen molar-refractivity contribution >= 4 is 0 Å². The van der Waals surface area contributed by atoms with Gasteiger partial charge in [-0.3, -0.25) is 0 Å². The van der Waals surface area contributed by atoms with Gasteiger partial charge >= 0.3 is 0 Å². The van der Waals surface area contributed by atoms with Crippen molar-refractivity contribution in [3.05, 3.63) is 42.7 Å². The smallest absolute Gasteiger partial charge is 0.168 e. The van der Waals surface area contributed by atoms with E-state index in [2.05, 4.69) is 35.2 Å². The van der Waals surface area contributed by atoms with Gasteiger partial charge in [-0.2, -0.15) is 0 Å². The molecule has 0 aliphatic carbocycles. The molecule has 0 aliphatic heterocycles. The number of rotatable bonds is 5. The summed E-state index contributed by atoms with van der Waals surface area (Å²) in [5, 5.41) is 0. The number of hydrogen-bond donors (Lipinski definition) is 1. The Balaban J connectivity index is 2.17. The first-order valence-electron chi connectivity index (χ1n) is 4.72. The summed E-state index contributed by atoms with van der Waals surface area (Å²) in [6, 6.07) is 6.14. The molecule has 0 saturated carbocycles. The first kappa shape index (κ1) is 9.93. The number of hydrogen-bond acceptors (Lipinski definition) is 1. The van der Waals surface area contributed by atoms with Crippen LogP contribution >= 0.6 is 0 Å². The fourth-order valence-electron chi connectivity index (χ4n) is 1.19. The molecule has 0 saturated heterocycles. The van der Waals surface area contributed by atoms with E-state index >= 15 is 0 Å². The number of aromatic nitrogens is 1. The van der Waals surface area contributed by atoms with Gasteiger partial charge in [-0.25, -0.2) is 4.57 Å². The second kappa shape index (κ2) is 6.38. The summed E-state index contributed by atoms with van der Waals surface area (Å²) in [6.45, 7) is 1.73. The highest BCUT2D eigenvalue weighted by Crippen LogP contribution is 1.90. The largest absolute Gasteiger partial charge is 0.327 e. The minimum Gasteiger partial charge on any atom is -0.327 e. The first-order chi connectivity index (χ1) is 6.43. The summed E-state index contributed by atoms with van der Waals surface area (Å²) < 4.78 is 2.19. The van der Waals surface area contributed by atoms with Gasteiger partial charge in [0, 0.05) is 25.1 Å². The lowest BCUT2D eigenvalue weighted by Crippen LogP contribution is -2.31. The van der Waals surface area contributed by atoms with Gasteiger partial charge in [0.25, 0.3) is 0 Å². The molecular weight excluding hydrogens is 160 g/mol. The van der Waals surface area contributed by atoms with Crippen LogP contribution in [0.25, 0.3) is 0 Å². The normalized spacial score (nSPS) is 10.8. The number of unbranched alkanes of at least 4 members (excludes halogenated alkanes) is 1. The SMILES string of the molecule is NCC=CCCC[n+]1ccccc1. The highest BCUT2D eigenvalue weighted by atomic mass is 14.9. The molecule has 0 radical (unpaired) electrons. The molecule has 0 aliphatic rings. The summed E-state index contributed by atoms with van der Waals surface area (Å²) in [6.07, 6.45) is 10.6. The fraction of sp³-hybridized carbons (Fsp3) is 0.364. The Bertz CT molecular complexity index is 242. The van der Waals surface area contributed by atoms with E-state index in [0.29, 0.717) is 6.54 Å². The Morgan fingerprint density at radius 1 is 1.08 bits per heavy atom. The molecule has 2 heteroatoms. The molecule has 1 aromatic rings. The van der Waals surface area contributed by atoms with Crippen molar-refractivity contribution in [2.45, 2.75) is 19.4 Å². The van der Waals surface area contributed by atoms with Crippen LogP contribution in [-0.2, 0) is 6.54 Å². The molecule has 13 heavy (non-hydrogen) atoms. The predicted molar refractivity (Wildman–Crippen MR) is 54.1 cm³/mol. The van der Waals surface area contributed by atoms with Crippen molar-refractivity contribution in [3.63, 3.8) is 0 Å². The average Bonchev–Trinajstić information content (AvgIpc) is 2.19. The van der Waals surface area contributed by atoms with E-state index in [-0.39, 0.29) is 0 Å². The zero-order chi connectivity index (χ0) is 9.36. The van der Waals surface area contributed by atoms with Crippen molar-refractivity contribution < 1.29 is 4.57 Å². The Morgan fingerprint density at radius 3 is 2.54 bits per heavy atom. The third-order valence-corrected chi connectivity index (χ3v) is 1.87. The molecule has 1 aromatic heterocycles. The minimum absolute atomic E-state index is 0.651. The molecule has 0 spiro atoms. The van der Waals surface area contributed by atoms with E-state index in [4.69, 9.17) is 5.73 Å². The Morgan fingerprint density at radius 2 is 1.85 bits per heavy atom. The van der Waals surface area contributed by atoms with Gasteiger partial charge in [0.2, 0.25) is 0 Å². The van der Waals surface area contributed by atoms with Crippen LogP contribution in [0.15, 0.2) is 42.7 Å². The molecule has 2 N–H and O–H groups in total. The van der Waals surface area contributed by atoms with Crippen LogP contribution in [-0.4, -0.2) is 6.54 Å². The van der Waals surface area contributed by atoms with Crippen LogP contribution in [0.1, 0.15) is 12.8 Å². The van der Waals surface area contributed by atoms with Crippen LogP contribution in [0.2, 0.25) is 0 Å². The van der Waals surface area contributed by atoms with E-state index in [0.717, 1.165) is 13.0 Å². The number of nitrogens with zero attached hydrogens (tertiary/aromatic N) is 1. The Labute approximate surface area is 79.7 Å². The third-order valence-electron chi connectivity index (χ3n) is 1.87. The van der Waals surface area contributed by atoms with Gasteiger partial charge in [-0.1, -0.05) is 18.2 Å². The van der Waals surface area contributed by atoms with Crippen LogP contribution in [0, 0.1) is 0 Å². The molecule has 0 fully saturated rings. The second-order valence-electron chi connectivity index (χ2n) is 2.96. The quantitative estimate of drug-likeness (QED) is 0.410. The zero-order valence-corrected chi connectivity index (χ0v) is 7.89. The third kappa shape index (κ3) is 4.43. The van der Waals surface area contributed by atoms with Crippen LogP contribution in [0.4, 0.5) is 0 Å². The molecule has 0 aromatic carbocycles. The number of aryl methyl sites for hydroxylation is 1. The van der Waals surface area contributed by atoms with Crippen molar-refractivity contribution in [3.8, 4) is 0 Å². The number of nitrogens with two attached hydrogens (primary N) is 1. The summed E-state index contributed by atoms with van der Waals surface area (Å²) in [5.74, 6) is 0. The summed E-state index contributed by atoms with van der Waals surface area (Å²) in [5.41, 5.74) is 5.33. The summed E-state index contributed by atoms with van der Waals surface area (Å²) in [7, 11) is 0. The van der Waals surface area contributed by atoms with E-state index in [9.17, 15) is 0 Å². The molecule has 0 atom stereocenters. The van der Waals surface area contributed by atoms with E-state index in [1.807, 2.05) is 12.1 Å². The molecular formula is C11H17N2+. The molecule has 70 valence electrons. The van der Waals surface area contributed by atoms with E-state index in [1.54, 1.807) is 0 Å². The maximum atomic E-state index is 5.33. The van der Waals surface area contributed by atoms with Crippen molar-refractivity contribution in [1.29, 1.82) is 0 Å². The van der Waals surface area contributed by atoms with Crippen molar-refractivity contribution in [2.24, 2.45) is 5.73 Å². The number of pyridine rings is 1. The monoisotopic (exact) mass is 177 g/mol. The molecule has 2 nitrogen and oxygen atoms in total. The van der Waals surface area contributed by atoms with Crippen molar-refractivity contribution in [2.75, 3.05) is 6.54 Å². The lowest BCUT2D eigenvalue weighted by Gasteiger charge is -1.93. The standard InChI is InChI=1S/C11H17N2/c12-8-4-1-2-5-9-13-10-6-3-7-11-13/h1,3-4,6-7,10-11H,2,5,8-9,12H2/q+1. The van der Waals surface area contributed by atoms with E-state index in [1.165, 1.54) is 6.42 Å². The van der Waals surface area contributed by atoms with Crippen LogP contribution in [0.3, 0.4) is 0 Å². The van der Waals surface area contributed by atoms with Crippen LogP contribution in [0.5, 0.6) is 0 Å². The van der Waals surface area contributed by atoms with Gasteiger partial charge < -0.3 is 5.73 Å². The molecule has 0 unspecified atom stereocenters. The lowest BCUT2D eigenvalue weighted by molar-refractivity contribution is -0.697. The van der Waals surface area contributed by atoms with Gasteiger partial charge in [0.15, 0.2) is 12.4 Å². The predicted octanol–water partition coefficient (Wildman–Crippen LogP) is 1.27. The fourth-order valence-corrected chi connectivity index (χ4v) is 1.19. The molecule has 0 amide bonds. The van der Waals surface area contributed by atoms with Gasteiger partial charge in [0.1, 0.15) is 6.54 Å². The Kier molecular flexibility index (Phi) is 4.87. The lowest BCUT2D eigenvalue weighted by atomic mass is 10.3. The van der Waals surface area contributed by atoms with Gasteiger partial charge in [-0.05, 0) is 6.42 Å². The van der Waals surface area contributed by atoms with Crippen molar-refractivity contribution in [1.82, 2.24) is 0 Å². The van der Waals surface area contributed by atoms with Crippen LogP contribution < -0.4 is 10.3 Å². The first-order valence-corrected chi connectivity index (χ1v) is 4.72. The Hall–Kier alpha value is -1.15. The molecule has 1 rings (SSSR count). The average molecular weight is 177 g/mol. The summed E-state index contributed by atoms with van der Waals surface area (Å²) in [4.78, 5) is 0. The highest BCUT2D eigenvalue weighted by Gasteiger charge is 1.94. The maximum Gasteiger partial charge on any atom is 0.168 e. The maximum absolute atomic E-state index is 5.33. The van der Waals surface area contributed by atoms with Gasteiger partial charge in [0.05, 0.1) is 0 Å². The second-order valence-corrected chi connectivity index (χ2v) is 2.96. The zero-order valence-electron chi connectivity index (χ0n) is 7.89. The van der Waals surface area contributed by atoms with E-state index < -0.39 is 0 Å². The molecule has 0 bridgehead atoms. The molecule has 1 heterocycles. The highest BCUT2D eigenvalue weighted by molar-refractivity contribution is 4.84. The minimum atomic E-state index is 0.651.